The molecule has 0 aromatic heterocycles. The van der Waals surface area contributed by atoms with Crippen LogP contribution in [-0.4, -0.2) is 126 Å². The van der Waals surface area contributed by atoms with Gasteiger partial charge in [0.25, 0.3) is 11.8 Å². The monoisotopic (exact) mass is 1480 g/mol. The summed E-state index contributed by atoms with van der Waals surface area (Å²) in [5, 5.41) is 11.5. The summed E-state index contributed by atoms with van der Waals surface area (Å²) in [6, 6.07) is 2.84. The maximum absolute atomic E-state index is 12.9. The van der Waals surface area contributed by atoms with Gasteiger partial charge in [-0.1, -0.05) is 145 Å². The predicted molar refractivity (Wildman–Crippen MR) is 401 cm³/mol. The molecule has 2 aliphatic heterocycles. The molecular weight excluding hydrogens is 1330 g/mol. The summed E-state index contributed by atoms with van der Waals surface area (Å²) in [6.07, 6.45) is 18.5. The van der Waals surface area contributed by atoms with Crippen molar-refractivity contribution in [2.45, 2.75) is 368 Å². The van der Waals surface area contributed by atoms with E-state index in [0.29, 0.717) is 84.8 Å². The molecule has 4 unspecified atom stereocenters. The molecule has 102 heavy (non-hydrogen) atoms. The number of amides is 2. The smallest absolute Gasteiger partial charge is 0.313 e. The Bertz CT molecular complexity index is 2320. The summed E-state index contributed by atoms with van der Waals surface area (Å²) in [5.41, 5.74) is -0.181. The minimum absolute atomic E-state index is 0.0528. The van der Waals surface area contributed by atoms with Gasteiger partial charge in [-0.25, -0.2) is 35.1 Å². The van der Waals surface area contributed by atoms with Crippen LogP contribution in [0, 0.1) is 105 Å². The fourth-order valence-electron chi connectivity index (χ4n) is 14.5. The first-order valence-corrected chi connectivity index (χ1v) is 39.9. The third-order valence-corrected chi connectivity index (χ3v) is 21.9. The summed E-state index contributed by atoms with van der Waals surface area (Å²) >= 11 is 0. The third kappa shape index (κ3) is 38.5. The molecule has 19 heteroatoms. The Balaban J connectivity index is 0.00000111. The zero-order valence-corrected chi connectivity index (χ0v) is 69.4. The minimum atomic E-state index is -3.77. The van der Waals surface area contributed by atoms with E-state index < -0.39 is 53.3 Å². The minimum Gasteiger partial charge on any atom is -0.346 e. The molecule has 0 aromatic rings. The van der Waals surface area contributed by atoms with Crippen LogP contribution in [0.1, 0.15) is 321 Å². The molecule has 606 valence electrons. The SMILES string of the molecule is CC(=O)N(C)CCC(C)C.CC(C)C1(C)CCC1.CC(C)CC12CC(C#N)(C1)C2.CC(C)CC1CC(F)(F)C1.CC(C)CC1CC(F)(F)C1(F)F.CC(C)CC1CC1(C)F.CC(C)CC1CCC1(F)F.CC(C)CCN1CC(C)(F)C1.CC(C)N1CCCC1=O.CCC(F)(F)CNCCC(C)C. The van der Waals surface area contributed by atoms with Gasteiger partial charge < -0.3 is 15.1 Å². The van der Waals surface area contributed by atoms with Gasteiger partial charge in [0.2, 0.25) is 17.7 Å². The van der Waals surface area contributed by atoms with Gasteiger partial charge in [-0.15, -0.1) is 0 Å². The number of halogens is 12. The van der Waals surface area contributed by atoms with Crippen molar-refractivity contribution < 1.29 is 62.3 Å². The van der Waals surface area contributed by atoms with E-state index in [1.165, 1.54) is 58.3 Å². The Hall–Kier alpha value is -2.49. The van der Waals surface area contributed by atoms with Gasteiger partial charge in [0.15, 0.2) is 0 Å². The van der Waals surface area contributed by atoms with Crippen molar-refractivity contribution in [3.8, 4) is 6.07 Å². The maximum atomic E-state index is 12.9. The van der Waals surface area contributed by atoms with Gasteiger partial charge in [0, 0.05) is 96.6 Å². The van der Waals surface area contributed by atoms with E-state index in [0.717, 1.165) is 94.2 Å². The first-order valence-electron chi connectivity index (χ1n) is 39.9. The van der Waals surface area contributed by atoms with Crippen LogP contribution in [0.15, 0.2) is 0 Å². The van der Waals surface area contributed by atoms with E-state index in [1.807, 2.05) is 25.8 Å². The Labute approximate surface area is 616 Å². The van der Waals surface area contributed by atoms with Crippen LogP contribution in [0.4, 0.5) is 52.7 Å². The lowest BCUT2D eigenvalue weighted by molar-refractivity contribution is -0.316. The van der Waals surface area contributed by atoms with Gasteiger partial charge in [-0.3, -0.25) is 14.5 Å². The highest BCUT2D eigenvalue weighted by molar-refractivity contribution is 5.78. The van der Waals surface area contributed by atoms with Crippen molar-refractivity contribution in [3.63, 3.8) is 0 Å². The number of hydrogen-bond acceptors (Lipinski definition) is 5. The standard InChI is InChI=1S/C10H15N.C9H19F2N.C9H18FN.C8H12F4.2C8H14F2.C8H15F.C8H17NO.C8H16.C7H13NO/c1-8(2)3-9-4-10(5-9,6-9)7-11;1-4-9(10,11)7-12-6-5-8(2)3;1-8(2)4-5-11-6-9(3,10)7-11;1-5(2)3-6-4-7(9,10)8(6,11)12;1-6(2)3-7-4-8(9,10)5-7;1-6(2)5-7-3-4-8(7,9)10;1-6(2)4-7-5-8(7,3)9;1-7(2)5-6-9(4)8(3)10;1-7(2)8(3)5-4-6-8;1-6(2)8-5-3-4-7(8)9/h8H,3-6H2,1-2H3;8,12H,4-7H2,1-3H3;8H,4-7H2,1-3H3;5-6H,3-4H2,1-2H3;2*6-7H,3-5H2,1-2H3;6-7H,4-5H2,1-3H3;7H,5-6H2,1-4H3;7H,4-6H2,1-3H3;6H,3-5H2,1-2H3. The van der Waals surface area contributed by atoms with E-state index in [4.69, 9.17) is 5.26 Å². The Morgan fingerprint density at radius 3 is 1.35 bits per heavy atom. The average molecular weight is 1480 g/mol. The number of likely N-dealkylation sites (tertiary alicyclic amines) is 2. The summed E-state index contributed by atoms with van der Waals surface area (Å²) < 4.78 is 150. The number of nitriles is 1. The molecule has 2 amide bonds. The molecule has 2 bridgehead atoms. The molecule has 7 nitrogen and oxygen atoms in total. The maximum Gasteiger partial charge on any atom is 0.313 e. The van der Waals surface area contributed by atoms with Gasteiger partial charge in [0.05, 0.1) is 18.0 Å². The van der Waals surface area contributed by atoms with Crippen molar-refractivity contribution in [3.05, 3.63) is 0 Å². The largest absolute Gasteiger partial charge is 0.346 e. The van der Waals surface area contributed by atoms with Gasteiger partial charge in [0.1, 0.15) is 11.3 Å². The van der Waals surface area contributed by atoms with Crippen LogP contribution >= 0.6 is 0 Å². The molecule has 4 atom stereocenters. The van der Waals surface area contributed by atoms with E-state index >= 15 is 0 Å². The van der Waals surface area contributed by atoms with Crippen LogP contribution < -0.4 is 5.32 Å². The summed E-state index contributed by atoms with van der Waals surface area (Å²) in [7, 11) is 1.84. The van der Waals surface area contributed by atoms with Crippen LogP contribution in [0.2, 0.25) is 0 Å². The zero-order valence-electron chi connectivity index (χ0n) is 69.4. The first-order chi connectivity index (χ1) is 46.3. The van der Waals surface area contributed by atoms with Crippen molar-refractivity contribution in [2.24, 2.45) is 93.2 Å². The predicted octanol–water partition coefficient (Wildman–Crippen LogP) is 25.1. The summed E-state index contributed by atoms with van der Waals surface area (Å²) in [4.78, 5) is 27.5. The van der Waals surface area contributed by atoms with Crippen LogP contribution in [0.25, 0.3) is 0 Å². The van der Waals surface area contributed by atoms with Crippen molar-refractivity contribution in [2.75, 3.05) is 52.9 Å². The van der Waals surface area contributed by atoms with E-state index in [-0.39, 0.29) is 61.8 Å². The van der Waals surface area contributed by atoms with Crippen LogP contribution in [0.5, 0.6) is 0 Å². The number of rotatable bonds is 24. The number of alkyl halides is 12. The second-order valence-electron chi connectivity index (χ2n) is 37.5. The molecule has 2 heterocycles. The highest BCUT2D eigenvalue weighted by Crippen LogP contribution is 2.75. The van der Waals surface area contributed by atoms with Crippen molar-refractivity contribution in [1.29, 1.82) is 5.26 Å². The summed E-state index contributed by atoms with van der Waals surface area (Å²) in [5.74, 6) is -9.58. The number of nitrogens with one attached hydrogen (secondary N) is 1. The Kier molecular flexibility index (Phi) is 42.6. The molecule has 0 spiro atoms. The van der Waals surface area contributed by atoms with Crippen molar-refractivity contribution in [1.82, 2.24) is 20.0 Å². The molecule has 1 N–H and O–H groups in total. The highest BCUT2D eigenvalue weighted by atomic mass is 19.3. The molecule has 10 fully saturated rings. The zero-order chi connectivity index (χ0) is 79.6. The van der Waals surface area contributed by atoms with Crippen molar-refractivity contribution >= 4 is 11.8 Å². The van der Waals surface area contributed by atoms with Crippen LogP contribution in [0.3, 0.4) is 0 Å². The van der Waals surface area contributed by atoms with E-state index in [2.05, 4.69) is 134 Å². The third-order valence-electron chi connectivity index (χ3n) is 21.9. The molecule has 10 rings (SSSR count). The molecule has 10 aliphatic rings. The first kappa shape index (κ1) is 99.5. The fourth-order valence-corrected chi connectivity index (χ4v) is 14.5. The number of carbonyl (C=O) groups excluding carboxylic acids is 2. The molecule has 2 saturated heterocycles. The lowest BCUT2D eigenvalue weighted by atomic mass is 9.34. The molecule has 0 aromatic carbocycles. The Morgan fingerprint density at radius 1 is 0.627 bits per heavy atom. The van der Waals surface area contributed by atoms with Gasteiger partial charge >= 0.3 is 11.8 Å². The van der Waals surface area contributed by atoms with E-state index in [9.17, 15) is 62.3 Å². The number of nitrogens with zero attached hydrogens (tertiary/aromatic N) is 4. The fraction of sp³-hybridized carbons (Fsp3) is 0.964. The molecule has 0 radical (unpaired) electrons. The highest BCUT2D eigenvalue weighted by Gasteiger charge is 2.71. The quantitative estimate of drug-likeness (QED) is 0.0769. The number of carbonyl (C=O) groups is 2. The number of hydrogen-bond donors (Lipinski definition) is 1. The molecule has 8 saturated carbocycles. The Morgan fingerprint density at radius 2 is 1.10 bits per heavy atom. The van der Waals surface area contributed by atoms with Crippen LogP contribution in [-0.2, 0) is 9.59 Å². The normalized spacial score (nSPS) is 26.6. The molecular formula is C83H153F12N5O2. The second kappa shape index (κ2) is 43.6. The topological polar surface area (TPSA) is 79.7 Å². The average Bonchev–Trinajstić information content (AvgIpc) is 0.890. The van der Waals surface area contributed by atoms with Gasteiger partial charge in [-0.05, 0) is 219 Å². The second-order valence-corrected chi connectivity index (χ2v) is 37.5. The lowest BCUT2D eigenvalue weighted by Crippen LogP contribution is -2.61. The molecule has 8 aliphatic carbocycles. The summed E-state index contributed by atoms with van der Waals surface area (Å²) in [6.45, 7) is 55.8. The van der Waals surface area contributed by atoms with Gasteiger partial charge in [-0.2, -0.15) is 22.8 Å². The van der Waals surface area contributed by atoms with E-state index in [1.54, 1.807) is 39.5 Å². The lowest BCUT2D eigenvalue weighted by Gasteiger charge is -2.68.